The van der Waals surface area contributed by atoms with Crippen molar-refractivity contribution in [3.63, 3.8) is 0 Å². The molecule has 28 heavy (non-hydrogen) atoms. The molecule has 1 fully saturated rings. The van der Waals surface area contributed by atoms with Crippen molar-refractivity contribution in [1.29, 1.82) is 0 Å². The summed E-state index contributed by atoms with van der Waals surface area (Å²) in [4.78, 5) is -0.227. The van der Waals surface area contributed by atoms with Gasteiger partial charge in [0, 0.05) is 13.0 Å². The summed E-state index contributed by atoms with van der Waals surface area (Å²) in [5.74, 6) is 0.626. The van der Waals surface area contributed by atoms with Crippen molar-refractivity contribution in [3.05, 3.63) is 59.7 Å². The Hall–Kier alpha value is -2.10. The summed E-state index contributed by atoms with van der Waals surface area (Å²) in [5, 5.41) is 0. The molecule has 0 aliphatic carbocycles. The monoisotopic (exact) mass is 415 g/mol. The molecule has 1 unspecified atom stereocenters. The van der Waals surface area contributed by atoms with E-state index >= 15 is 0 Å². The fraction of sp³-hybridized carbons (Fsp3) is 0.368. The molecule has 0 amide bonds. The number of alkyl halides is 3. The van der Waals surface area contributed by atoms with E-state index in [1.54, 1.807) is 24.3 Å². The van der Waals surface area contributed by atoms with Gasteiger partial charge in [-0.05, 0) is 54.8 Å². The summed E-state index contributed by atoms with van der Waals surface area (Å²) in [6.07, 6.45) is -1.87. The highest BCUT2D eigenvalue weighted by atomic mass is 32.2. The van der Waals surface area contributed by atoms with Gasteiger partial charge in [0.25, 0.3) is 0 Å². The molecule has 1 saturated heterocycles. The molecule has 0 bridgehead atoms. The van der Waals surface area contributed by atoms with Gasteiger partial charge in [0.15, 0.2) is 6.29 Å². The Morgan fingerprint density at radius 1 is 1.04 bits per heavy atom. The van der Waals surface area contributed by atoms with Crippen LogP contribution in [-0.2, 0) is 27.5 Å². The maximum Gasteiger partial charge on any atom is 0.416 e. The first kappa shape index (κ1) is 20.6. The van der Waals surface area contributed by atoms with Crippen LogP contribution in [0.2, 0.25) is 0 Å². The highest BCUT2D eigenvalue weighted by Gasteiger charge is 2.30. The minimum Gasteiger partial charge on any atom is -0.465 e. The van der Waals surface area contributed by atoms with Gasteiger partial charge in [-0.3, -0.25) is 0 Å². The van der Waals surface area contributed by atoms with Gasteiger partial charge in [-0.1, -0.05) is 12.1 Å². The van der Waals surface area contributed by atoms with E-state index in [4.69, 9.17) is 9.47 Å². The van der Waals surface area contributed by atoms with Crippen molar-refractivity contribution < 1.29 is 31.1 Å². The van der Waals surface area contributed by atoms with Gasteiger partial charge in [-0.2, -0.15) is 13.2 Å². The Morgan fingerprint density at radius 2 is 1.71 bits per heavy atom. The maximum atomic E-state index is 12.6. The van der Waals surface area contributed by atoms with Gasteiger partial charge < -0.3 is 9.47 Å². The lowest BCUT2D eigenvalue weighted by Crippen LogP contribution is -2.25. The molecule has 1 aliphatic rings. The first-order valence-corrected chi connectivity index (χ1v) is 10.3. The second kappa shape index (κ2) is 8.50. The maximum absolute atomic E-state index is 12.6. The Morgan fingerprint density at radius 3 is 2.29 bits per heavy atom. The number of benzene rings is 2. The normalized spacial score (nSPS) is 18.0. The van der Waals surface area contributed by atoms with Crippen LogP contribution < -0.4 is 9.46 Å². The lowest BCUT2D eigenvalue weighted by molar-refractivity contribution is -0.137. The minimum atomic E-state index is -4.51. The van der Waals surface area contributed by atoms with Crippen LogP contribution in [0.1, 0.15) is 30.4 Å². The summed E-state index contributed by atoms with van der Waals surface area (Å²) in [7, 11) is -3.92. The summed E-state index contributed by atoms with van der Waals surface area (Å²) < 4.78 is 75.9. The second-order valence-corrected chi connectivity index (χ2v) is 8.17. The third-order valence-electron chi connectivity index (χ3n) is 4.29. The summed E-state index contributed by atoms with van der Waals surface area (Å²) in [6, 6.07) is 10.2. The van der Waals surface area contributed by atoms with Crippen molar-refractivity contribution in [3.8, 4) is 5.75 Å². The molecule has 0 saturated carbocycles. The Balaban J connectivity index is 1.58. The Bertz CT molecular complexity index is 875. The standard InChI is InChI=1S/C19H20F3NO4S/c20-19(21,22)15-6-10-17(11-7-15)28(24,25)23-13-14-4-8-16(9-5-14)27-18-3-1-2-12-26-18/h4-11,18,23H,1-3,12-13H2. The number of sulfonamides is 1. The molecule has 5 nitrogen and oxygen atoms in total. The largest absolute Gasteiger partial charge is 0.465 e. The molecule has 0 radical (unpaired) electrons. The number of hydrogen-bond acceptors (Lipinski definition) is 4. The van der Waals surface area contributed by atoms with Crippen LogP contribution in [0, 0.1) is 0 Å². The van der Waals surface area contributed by atoms with E-state index in [1.807, 2.05) is 0 Å². The van der Waals surface area contributed by atoms with Crippen LogP contribution in [0.3, 0.4) is 0 Å². The second-order valence-electron chi connectivity index (χ2n) is 6.40. The molecular formula is C19H20F3NO4S. The molecule has 0 spiro atoms. The quantitative estimate of drug-likeness (QED) is 0.772. The molecular weight excluding hydrogens is 395 g/mol. The molecule has 3 rings (SSSR count). The van der Waals surface area contributed by atoms with Gasteiger partial charge in [-0.25, -0.2) is 13.1 Å². The number of ether oxygens (including phenoxy) is 2. The van der Waals surface area contributed by atoms with E-state index < -0.39 is 21.8 Å². The third kappa shape index (κ3) is 5.46. The predicted molar refractivity (Wildman–Crippen MR) is 96.1 cm³/mol. The SMILES string of the molecule is O=S(=O)(NCc1ccc(OC2CCCCO2)cc1)c1ccc(C(F)(F)F)cc1. The molecule has 1 atom stereocenters. The summed E-state index contributed by atoms with van der Waals surface area (Å²) >= 11 is 0. The van der Waals surface area contributed by atoms with E-state index in [0.29, 0.717) is 17.9 Å². The molecule has 1 aliphatic heterocycles. The number of rotatable bonds is 6. The minimum absolute atomic E-state index is 0.00354. The molecule has 1 N–H and O–H groups in total. The summed E-state index contributed by atoms with van der Waals surface area (Å²) in [5.41, 5.74) is -0.212. The van der Waals surface area contributed by atoms with E-state index in [0.717, 1.165) is 43.5 Å². The van der Waals surface area contributed by atoms with Crippen LogP contribution >= 0.6 is 0 Å². The highest BCUT2D eigenvalue weighted by molar-refractivity contribution is 7.89. The Kier molecular flexibility index (Phi) is 6.26. The average molecular weight is 415 g/mol. The Labute approximate surface area is 161 Å². The molecule has 9 heteroatoms. The van der Waals surface area contributed by atoms with E-state index in [2.05, 4.69) is 4.72 Å². The van der Waals surface area contributed by atoms with E-state index in [1.165, 1.54) is 0 Å². The van der Waals surface area contributed by atoms with Crippen molar-refractivity contribution in [2.45, 2.75) is 43.2 Å². The summed E-state index contributed by atoms with van der Waals surface area (Å²) in [6.45, 7) is 0.679. The van der Waals surface area contributed by atoms with Gasteiger partial charge in [0.05, 0.1) is 17.1 Å². The molecule has 152 valence electrons. The average Bonchev–Trinajstić information content (AvgIpc) is 2.68. The van der Waals surface area contributed by atoms with Crippen molar-refractivity contribution >= 4 is 10.0 Å². The van der Waals surface area contributed by atoms with Crippen LogP contribution in [0.15, 0.2) is 53.4 Å². The molecule has 2 aromatic rings. The van der Waals surface area contributed by atoms with Gasteiger partial charge >= 0.3 is 6.18 Å². The van der Waals surface area contributed by atoms with Crippen LogP contribution in [0.5, 0.6) is 5.75 Å². The van der Waals surface area contributed by atoms with Gasteiger partial charge in [-0.15, -0.1) is 0 Å². The zero-order valence-corrected chi connectivity index (χ0v) is 15.7. The zero-order chi connectivity index (χ0) is 20.2. The van der Waals surface area contributed by atoms with Crippen molar-refractivity contribution in [2.75, 3.05) is 6.61 Å². The number of nitrogens with one attached hydrogen (secondary N) is 1. The predicted octanol–water partition coefficient (Wildman–Crippen LogP) is 4.09. The smallest absolute Gasteiger partial charge is 0.416 e. The lowest BCUT2D eigenvalue weighted by Gasteiger charge is -2.23. The van der Waals surface area contributed by atoms with Gasteiger partial charge in [0.2, 0.25) is 10.0 Å². The van der Waals surface area contributed by atoms with E-state index in [9.17, 15) is 21.6 Å². The van der Waals surface area contributed by atoms with Crippen molar-refractivity contribution in [1.82, 2.24) is 4.72 Å². The first-order chi connectivity index (χ1) is 13.2. The molecule has 2 aromatic carbocycles. The van der Waals surface area contributed by atoms with Gasteiger partial charge in [0.1, 0.15) is 5.75 Å². The lowest BCUT2D eigenvalue weighted by atomic mass is 10.2. The fourth-order valence-corrected chi connectivity index (χ4v) is 3.74. The van der Waals surface area contributed by atoms with Crippen LogP contribution in [0.25, 0.3) is 0 Å². The highest BCUT2D eigenvalue weighted by Crippen LogP contribution is 2.29. The first-order valence-electron chi connectivity index (χ1n) is 8.78. The third-order valence-corrected chi connectivity index (χ3v) is 5.70. The molecule has 0 aromatic heterocycles. The zero-order valence-electron chi connectivity index (χ0n) is 14.9. The van der Waals surface area contributed by atoms with Crippen LogP contribution in [-0.4, -0.2) is 21.3 Å². The number of hydrogen-bond donors (Lipinski definition) is 1. The van der Waals surface area contributed by atoms with E-state index in [-0.39, 0.29) is 17.7 Å². The fourth-order valence-electron chi connectivity index (χ4n) is 2.73. The topological polar surface area (TPSA) is 64.6 Å². The van der Waals surface area contributed by atoms with Crippen molar-refractivity contribution in [2.24, 2.45) is 0 Å². The molecule has 1 heterocycles. The van der Waals surface area contributed by atoms with Crippen LogP contribution in [0.4, 0.5) is 13.2 Å². The number of halogens is 3.